The van der Waals surface area contributed by atoms with E-state index in [1.54, 1.807) is 12.3 Å². The lowest BCUT2D eigenvalue weighted by Crippen LogP contribution is -2.54. The van der Waals surface area contributed by atoms with Crippen molar-refractivity contribution in [2.45, 2.75) is 18.9 Å². The minimum Gasteiger partial charge on any atom is -0.384 e. The molecule has 0 saturated carbocycles. The number of amides is 1. The van der Waals surface area contributed by atoms with Crippen LogP contribution in [0.2, 0.25) is 0 Å². The van der Waals surface area contributed by atoms with Crippen LogP contribution in [0.15, 0.2) is 18.3 Å². The van der Waals surface area contributed by atoms with Gasteiger partial charge >= 0.3 is 0 Å². The number of rotatable bonds is 1. The molecule has 5 nitrogen and oxygen atoms in total. The Morgan fingerprint density at radius 1 is 1.29 bits per heavy atom. The van der Waals surface area contributed by atoms with Gasteiger partial charge in [0.15, 0.2) is 0 Å². The number of hydrogen-bond acceptors (Lipinski definition) is 4. The van der Waals surface area contributed by atoms with Gasteiger partial charge in [-0.05, 0) is 31.5 Å². The standard InChI is InChI=1S/C12H16N4O/c13-11-4-3-9(8-14-11)16-7-6-15-5-1-2-10(15)12(16)17/h3-4,8,10H,1-2,5-7H2,(H2,13,14)/t10-/m0/s1. The molecule has 2 fully saturated rings. The monoisotopic (exact) mass is 232 g/mol. The molecule has 1 atom stereocenters. The van der Waals surface area contributed by atoms with Crippen molar-refractivity contribution in [1.29, 1.82) is 0 Å². The molecule has 2 aliphatic rings. The Balaban J connectivity index is 1.84. The van der Waals surface area contributed by atoms with Gasteiger partial charge in [0.05, 0.1) is 17.9 Å². The van der Waals surface area contributed by atoms with E-state index in [1.165, 1.54) is 0 Å². The quantitative estimate of drug-likeness (QED) is 0.764. The van der Waals surface area contributed by atoms with E-state index in [9.17, 15) is 4.79 Å². The maximum atomic E-state index is 12.3. The van der Waals surface area contributed by atoms with Crippen molar-refractivity contribution >= 4 is 17.4 Å². The van der Waals surface area contributed by atoms with E-state index in [-0.39, 0.29) is 11.9 Å². The van der Waals surface area contributed by atoms with Gasteiger partial charge in [-0.2, -0.15) is 0 Å². The van der Waals surface area contributed by atoms with E-state index < -0.39 is 0 Å². The topological polar surface area (TPSA) is 62.5 Å². The van der Waals surface area contributed by atoms with E-state index in [0.717, 1.165) is 38.2 Å². The molecule has 1 amide bonds. The molecule has 1 aromatic heterocycles. The van der Waals surface area contributed by atoms with Gasteiger partial charge in [0.2, 0.25) is 5.91 Å². The number of anilines is 2. The molecule has 90 valence electrons. The molecule has 2 saturated heterocycles. The summed E-state index contributed by atoms with van der Waals surface area (Å²) in [7, 11) is 0. The molecular formula is C12H16N4O. The first kappa shape index (κ1) is 10.5. The summed E-state index contributed by atoms with van der Waals surface area (Å²) in [5.74, 6) is 0.695. The Morgan fingerprint density at radius 2 is 2.18 bits per heavy atom. The van der Waals surface area contributed by atoms with Crippen LogP contribution in [0.5, 0.6) is 0 Å². The molecule has 0 unspecified atom stereocenters. The minimum atomic E-state index is 0.0845. The van der Waals surface area contributed by atoms with Gasteiger partial charge in [-0.1, -0.05) is 0 Å². The smallest absolute Gasteiger partial charge is 0.244 e. The van der Waals surface area contributed by atoms with Crippen LogP contribution in [0.1, 0.15) is 12.8 Å². The number of nitrogens with zero attached hydrogens (tertiary/aromatic N) is 3. The summed E-state index contributed by atoms with van der Waals surface area (Å²) in [4.78, 5) is 20.5. The largest absolute Gasteiger partial charge is 0.384 e. The molecule has 2 N–H and O–H groups in total. The second-order valence-corrected chi connectivity index (χ2v) is 4.63. The lowest BCUT2D eigenvalue weighted by Gasteiger charge is -2.36. The van der Waals surface area contributed by atoms with Gasteiger partial charge in [-0.3, -0.25) is 9.69 Å². The molecule has 0 aromatic carbocycles. The van der Waals surface area contributed by atoms with Gasteiger partial charge in [0, 0.05) is 13.1 Å². The molecule has 0 aliphatic carbocycles. The van der Waals surface area contributed by atoms with Crippen LogP contribution in [0, 0.1) is 0 Å². The zero-order valence-corrected chi connectivity index (χ0v) is 9.67. The normalized spacial score (nSPS) is 25.1. The summed E-state index contributed by atoms with van der Waals surface area (Å²) in [6.45, 7) is 2.77. The van der Waals surface area contributed by atoms with Gasteiger partial charge in [0.1, 0.15) is 5.82 Å². The highest BCUT2D eigenvalue weighted by Crippen LogP contribution is 2.26. The SMILES string of the molecule is Nc1ccc(N2CCN3CCC[C@H]3C2=O)cn1. The van der Waals surface area contributed by atoms with Crippen molar-refractivity contribution in [2.75, 3.05) is 30.3 Å². The van der Waals surface area contributed by atoms with Crippen molar-refractivity contribution in [2.24, 2.45) is 0 Å². The van der Waals surface area contributed by atoms with Gasteiger partial charge in [0.25, 0.3) is 0 Å². The summed E-state index contributed by atoms with van der Waals surface area (Å²) >= 11 is 0. The molecular weight excluding hydrogens is 216 g/mol. The third kappa shape index (κ3) is 1.76. The summed E-state index contributed by atoms with van der Waals surface area (Å²) in [6.07, 6.45) is 3.79. The number of nitrogens with two attached hydrogens (primary N) is 1. The van der Waals surface area contributed by atoms with Crippen molar-refractivity contribution in [3.05, 3.63) is 18.3 Å². The van der Waals surface area contributed by atoms with Gasteiger partial charge < -0.3 is 10.6 Å². The van der Waals surface area contributed by atoms with Crippen molar-refractivity contribution < 1.29 is 4.79 Å². The summed E-state index contributed by atoms with van der Waals surface area (Å²) in [6, 6.07) is 3.69. The van der Waals surface area contributed by atoms with Crippen LogP contribution in [-0.2, 0) is 4.79 Å². The first-order valence-corrected chi connectivity index (χ1v) is 6.02. The minimum absolute atomic E-state index is 0.0845. The fraction of sp³-hybridized carbons (Fsp3) is 0.500. The van der Waals surface area contributed by atoms with Crippen LogP contribution < -0.4 is 10.6 Å². The molecule has 0 bridgehead atoms. The zero-order valence-electron chi connectivity index (χ0n) is 9.67. The Labute approximate surface area is 100 Å². The second-order valence-electron chi connectivity index (χ2n) is 4.63. The number of aromatic nitrogens is 1. The number of carbonyl (C=O) groups excluding carboxylic acids is 1. The lowest BCUT2D eigenvalue weighted by atomic mass is 10.1. The molecule has 1 aromatic rings. The first-order chi connectivity index (χ1) is 8.25. The molecule has 3 rings (SSSR count). The molecule has 0 radical (unpaired) electrons. The van der Waals surface area contributed by atoms with E-state index in [0.29, 0.717) is 5.82 Å². The van der Waals surface area contributed by atoms with Crippen LogP contribution in [0.25, 0.3) is 0 Å². The highest BCUT2D eigenvalue weighted by Gasteiger charge is 2.38. The van der Waals surface area contributed by atoms with Crippen molar-refractivity contribution in [1.82, 2.24) is 9.88 Å². The predicted octanol–water partition coefficient (Wildman–Crippen LogP) is 0.475. The summed E-state index contributed by atoms with van der Waals surface area (Å²) < 4.78 is 0. The number of pyridine rings is 1. The fourth-order valence-corrected chi connectivity index (χ4v) is 2.71. The zero-order chi connectivity index (χ0) is 11.8. The third-order valence-electron chi connectivity index (χ3n) is 3.61. The van der Waals surface area contributed by atoms with E-state index in [1.807, 2.05) is 11.0 Å². The maximum absolute atomic E-state index is 12.3. The third-order valence-corrected chi connectivity index (χ3v) is 3.61. The Bertz CT molecular complexity index is 431. The second kappa shape index (κ2) is 4.00. The molecule has 5 heteroatoms. The summed E-state index contributed by atoms with van der Waals surface area (Å²) in [5.41, 5.74) is 6.41. The maximum Gasteiger partial charge on any atom is 0.244 e. The molecule has 17 heavy (non-hydrogen) atoms. The number of fused-ring (bicyclic) bond motifs is 1. The Kier molecular flexibility index (Phi) is 2.48. The van der Waals surface area contributed by atoms with Crippen LogP contribution in [0.4, 0.5) is 11.5 Å². The van der Waals surface area contributed by atoms with Crippen LogP contribution in [-0.4, -0.2) is 41.5 Å². The Morgan fingerprint density at radius 3 is 2.94 bits per heavy atom. The number of carbonyl (C=O) groups is 1. The van der Waals surface area contributed by atoms with Crippen LogP contribution >= 0.6 is 0 Å². The van der Waals surface area contributed by atoms with E-state index in [4.69, 9.17) is 5.73 Å². The first-order valence-electron chi connectivity index (χ1n) is 6.02. The fourth-order valence-electron chi connectivity index (χ4n) is 2.71. The molecule has 2 aliphatic heterocycles. The number of hydrogen-bond donors (Lipinski definition) is 1. The average Bonchev–Trinajstić information content (AvgIpc) is 2.80. The average molecular weight is 232 g/mol. The van der Waals surface area contributed by atoms with E-state index in [2.05, 4.69) is 9.88 Å². The number of piperazine rings is 1. The molecule has 0 spiro atoms. The van der Waals surface area contributed by atoms with Crippen molar-refractivity contribution in [3.8, 4) is 0 Å². The predicted molar refractivity (Wildman–Crippen MR) is 65.6 cm³/mol. The lowest BCUT2D eigenvalue weighted by molar-refractivity contribution is -0.124. The highest BCUT2D eigenvalue weighted by molar-refractivity contribution is 5.98. The van der Waals surface area contributed by atoms with Crippen molar-refractivity contribution in [3.63, 3.8) is 0 Å². The molecule has 3 heterocycles. The Hall–Kier alpha value is -1.62. The van der Waals surface area contributed by atoms with Crippen LogP contribution in [0.3, 0.4) is 0 Å². The summed E-state index contributed by atoms with van der Waals surface area (Å²) in [5, 5.41) is 0. The number of nitrogen functional groups attached to an aromatic ring is 1. The highest BCUT2D eigenvalue weighted by atomic mass is 16.2. The van der Waals surface area contributed by atoms with Gasteiger partial charge in [-0.25, -0.2) is 4.98 Å². The van der Waals surface area contributed by atoms with Gasteiger partial charge in [-0.15, -0.1) is 0 Å². The van der Waals surface area contributed by atoms with E-state index >= 15 is 0 Å².